The van der Waals surface area contributed by atoms with Gasteiger partial charge in [-0.3, -0.25) is 0 Å². The Morgan fingerprint density at radius 1 is 1.37 bits per heavy atom. The minimum Gasteiger partial charge on any atom is -0.494 e. The van der Waals surface area contributed by atoms with Gasteiger partial charge in [0.05, 0.1) is 5.76 Å². The van der Waals surface area contributed by atoms with Crippen LogP contribution in [0.5, 0.6) is 0 Å². The number of carbonyl (C=O) groups excluding carboxylic acids is 1. The second-order valence-corrected chi connectivity index (χ2v) is 6.10. The minimum absolute atomic E-state index is 0.314. The summed E-state index contributed by atoms with van der Waals surface area (Å²) in [5.74, 6) is 4.03. The van der Waals surface area contributed by atoms with Gasteiger partial charge in [0, 0.05) is 11.5 Å². The maximum Gasteiger partial charge on any atom is 0.333 e. The fourth-order valence-corrected chi connectivity index (χ4v) is 4.12. The maximum atomic E-state index is 11.2. The lowest BCUT2D eigenvalue weighted by Crippen LogP contribution is -2.19. The van der Waals surface area contributed by atoms with Gasteiger partial charge in [-0.25, -0.2) is 4.79 Å². The van der Waals surface area contributed by atoms with Gasteiger partial charge in [0.2, 0.25) is 0 Å². The molecular weight excluding hydrogens is 240 g/mol. The van der Waals surface area contributed by atoms with Gasteiger partial charge >= 0.3 is 5.97 Å². The Kier molecular flexibility index (Phi) is 3.38. The fourth-order valence-electron chi connectivity index (χ4n) is 4.12. The standard InChI is InChI=1S/C16H22O3/c1-10(2)16(17)19-7-6-18-15-9-11-8-14(15)13-5-3-4-12(11)13/h9,11-14H,1,3-8H2,2H3/t11-,12+,13-,14+/m1/s1. The van der Waals surface area contributed by atoms with E-state index >= 15 is 0 Å². The Bertz CT molecular complexity index is 424. The van der Waals surface area contributed by atoms with Crippen molar-refractivity contribution in [2.45, 2.75) is 32.6 Å². The number of hydrogen-bond donors (Lipinski definition) is 0. The first-order chi connectivity index (χ1) is 9.16. The zero-order valence-electron chi connectivity index (χ0n) is 11.6. The molecule has 0 radical (unpaired) electrons. The summed E-state index contributed by atoms with van der Waals surface area (Å²) in [5, 5.41) is 0. The lowest BCUT2D eigenvalue weighted by molar-refractivity contribution is -0.140. The lowest BCUT2D eigenvalue weighted by Gasteiger charge is -2.25. The van der Waals surface area contributed by atoms with Crippen molar-refractivity contribution in [2.75, 3.05) is 13.2 Å². The van der Waals surface area contributed by atoms with E-state index in [2.05, 4.69) is 12.7 Å². The van der Waals surface area contributed by atoms with E-state index in [-0.39, 0.29) is 5.97 Å². The number of ether oxygens (including phenoxy) is 2. The van der Waals surface area contributed by atoms with Gasteiger partial charge in [0.1, 0.15) is 13.2 Å². The summed E-state index contributed by atoms with van der Waals surface area (Å²) < 4.78 is 10.9. The normalized spacial score (nSPS) is 34.9. The fraction of sp³-hybridized carbons (Fsp3) is 0.688. The number of carbonyl (C=O) groups is 1. The van der Waals surface area contributed by atoms with Crippen LogP contribution in [-0.4, -0.2) is 19.2 Å². The van der Waals surface area contributed by atoms with E-state index in [1.807, 2.05) is 0 Å². The van der Waals surface area contributed by atoms with Crippen LogP contribution >= 0.6 is 0 Å². The second-order valence-electron chi connectivity index (χ2n) is 6.10. The summed E-state index contributed by atoms with van der Waals surface area (Å²) in [4.78, 5) is 11.2. The van der Waals surface area contributed by atoms with E-state index in [0.717, 1.165) is 17.8 Å². The number of fused-ring (bicyclic) bond motifs is 5. The molecule has 104 valence electrons. The first-order valence-corrected chi connectivity index (χ1v) is 7.34. The van der Waals surface area contributed by atoms with Crippen molar-refractivity contribution in [2.24, 2.45) is 23.7 Å². The average Bonchev–Trinajstić information content (AvgIpc) is 3.05. The summed E-state index contributed by atoms with van der Waals surface area (Å²) in [5.41, 5.74) is 0.438. The largest absolute Gasteiger partial charge is 0.494 e. The third-order valence-corrected chi connectivity index (χ3v) is 4.90. The van der Waals surface area contributed by atoms with Crippen LogP contribution in [0.4, 0.5) is 0 Å². The third-order valence-electron chi connectivity index (χ3n) is 4.90. The van der Waals surface area contributed by atoms with E-state index < -0.39 is 0 Å². The summed E-state index contributed by atoms with van der Waals surface area (Å²) >= 11 is 0. The second kappa shape index (κ2) is 5.03. The minimum atomic E-state index is -0.332. The summed E-state index contributed by atoms with van der Waals surface area (Å²) in [6.45, 7) is 5.98. The number of hydrogen-bond acceptors (Lipinski definition) is 3. The molecule has 0 heterocycles. The van der Waals surface area contributed by atoms with Crippen LogP contribution in [0.1, 0.15) is 32.6 Å². The molecule has 3 nitrogen and oxygen atoms in total. The van der Waals surface area contributed by atoms with Crippen molar-refractivity contribution >= 4 is 5.97 Å². The number of allylic oxidation sites excluding steroid dienone is 2. The Balaban J connectivity index is 1.45. The molecule has 0 aromatic carbocycles. The molecule has 0 N–H and O–H groups in total. The molecule has 2 saturated carbocycles. The van der Waals surface area contributed by atoms with Crippen LogP contribution < -0.4 is 0 Å². The van der Waals surface area contributed by atoms with E-state index in [0.29, 0.717) is 24.7 Å². The molecule has 0 spiro atoms. The molecule has 0 aromatic heterocycles. The topological polar surface area (TPSA) is 35.5 Å². The first kappa shape index (κ1) is 12.8. The average molecular weight is 262 g/mol. The predicted octanol–water partition coefficient (Wildman–Crippen LogP) is 3.07. The smallest absolute Gasteiger partial charge is 0.333 e. The molecule has 2 bridgehead atoms. The van der Waals surface area contributed by atoms with Gasteiger partial charge in [0.15, 0.2) is 0 Å². The molecule has 3 aliphatic rings. The molecule has 2 fully saturated rings. The van der Waals surface area contributed by atoms with E-state index in [9.17, 15) is 4.79 Å². The summed E-state index contributed by atoms with van der Waals surface area (Å²) in [7, 11) is 0. The van der Waals surface area contributed by atoms with Gasteiger partial charge in [-0.2, -0.15) is 0 Å². The van der Waals surface area contributed by atoms with Crippen molar-refractivity contribution in [1.29, 1.82) is 0 Å². The van der Waals surface area contributed by atoms with Crippen LogP contribution in [0.2, 0.25) is 0 Å². The van der Waals surface area contributed by atoms with Gasteiger partial charge in [-0.1, -0.05) is 13.0 Å². The maximum absolute atomic E-state index is 11.2. The van der Waals surface area contributed by atoms with Crippen molar-refractivity contribution in [3.63, 3.8) is 0 Å². The Morgan fingerprint density at radius 3 is 2.95 bits per heavy atom. The van der Waals surface area contributed by atoms with Crippen molar-refractivity contribution in [3.05, 3.63) is 24.0 Å². The molecule has 4 atom stereocenters. The Labute approximate surface area is 114 Å². The van der Waals surface area contributed by atoms with E-state index in [1.165, 1.54) is 31.4 Å². The molecule has 0 aromatic rings. The van der Waals surface area contributed by atoms with Gasteiger partial charge in [-0.05, 0) is 50.0 Å². The van der Waals surface area contributed by atoms with Gasteiger partial charge in [0.25, 0.3) is 0 Å². The molecule has 3 heteroatoms. The van der Waals surface area contributed by atoms with Crippen LogP contribution in [0.25, 0.3) is 0 Å². The monoisotopic (exact) mass is 262 g/mol. The molecule has 0 amide bonds. The summed E-state index contributed by atoms with van der Waals surface area (Å²) in [6, 6.07) is 0. The Hall–Kier alpha value is -1.25. The molecule has 0 saturated heterocycles. The molecule has 0 unspecified atom stereocenters. The number of esters is 1. The van der Waals surface area contributed by atoms with E-state index in [4.69, 9.17) is 9.47 Å². The highest BCUT2D eigenvalue weighted by Crippen LogP contribution is 2.58. The SMILES string of the molecule is C=C(C)C(=O)OCCOC1=C[C@H]2C[C@H]1[C@@H]1CCC[C@H]12. The lowest BCUT2D eigenvalue weighted by atomic mass is 9.85. The molecule has 19 heavy (non-hydrogen) atoms. The van der Waals surface area contributed by atoms with Crippen molar-refractivity contribution < 1.29 is 14.3 Å². The third kappa shape index (κ3) is 2.31. The molecular formula is C16H22O3. The van der Waals surface area contributed by atoms with Crippen molar-refractivity contribution in [3.8, 4) is 0 Å². The highest BCUT2D eigenvalue weighted by atomic mass is 16.6. The quantitative estimate of drug-likeness (QED) is 0.434. The highest BCUT2D eigenvalue weighted by molar-refractivity contribution is 5.86. The zero-order chi connectivity index (χ0) is 13.4. The first-order valence-electron chi connectivity index (χ1n) is 7.34. The summed E-state index contributed by atoms with van der Waals surface area (Å²) in [6.07, 6.45) is 7.79. The molecule has 0 aliphatic heterocycles. The van der Waals surface area contributed by atoms with Crippen LogP contribution in [0, 0.1) is 23.7 Å². The van der Waals surface area contributed by atoms with Gasteiger partial charge in [-0.15, -0.1) is 0 Å². The molecule has 3 rings (SSSR count). The predicted molar refractivity (Wildman–Crippen MR) is 72.2 cm³/mol. The van der Waals surface area contributed by atoms with Crippen LogP contribution in [0.3, 0.4) is 0 Å². The molecule has 3 aliphatic carbocycles. The van der Waals surface area contributed by atoms with Crippen LogP contribution in [-0.2, 0) is 14.3 Å². The number of rotatable bonds is 5. The van der Waals surface area contributed by atoms with Gasteiger partial charge < -0.3 is 9.47 Å². The zero-order valence-corrected chi connectivity index (χ0v) is 11.6. The Morgan fingerprint density at radius 2 is 2.16 bits per heavy atom. The van der Waals surface area contributed by atoms with Crippen LogP contribution in [0.15, 0.2) is 24.0 Å². The van der Waals surface area contributed by atoms with E-state index in [1.54, 1.807) is 6.92 Å². The van der Waals surface area contributed by atoms with Crippen molar-refractivity contribution in [1.82, 2.24) is 0 Å². The highest BCUT2D eigenvalue weighted by Gasteiger charge is 2.50.